The summed E-state index contributed by atoms with van der Waals surface area (Å²) in [5.74, 6) is 0. The van der Waals surface area contributed by atoms with Gasteiger partial charge in [0.1, 0.15) is 0 Å². The molecule has 0 aliphatic heterocycles. The predicted molar refractivity (Wildman–Crippen MR) is 172 cm³/mol. The van der Waals surface area contributed by atoms with Crippen molar-refractivity contribution in [3.63, 3.8) is 0 Å². The third-order valence-electron chi connectivity index (χ3n) is 7.36. The monoisotopic (exact) mass is 547 g/mol. The molecule has 0 aromatic carbocycles. The second kappa shape index (κ2) is 33.0. The Hall–Kier alpha value is -0.160. The van der Waals surface area contributed by atoms with Gasteiger partial charge in [-0.25, -0.2) is 0 Å². The first-order valence-corrected chi connectivity index (χ1v) is 16.7. The summed E-state index contributed by atoms with van der Waals surface area (Å²) >= 11 is 0. The Kier molecular flexibility index (Phi) is 39.0. The summed E-state index contributed by atoms with van der Waals surface area (Å²) in [6.45, 7) is 7.24. The van der Waals surface area contributed by atoms with E-state index < -0.39 is 0 Å². The van der Waals surface area contributed by atoms with Crippen molar-refractivity contribution in [2.45, 2.75) is 168 Å². The number of hydrogen-bond acceptors (Lipinski definition) is 2. The second-order valence-electron chi connectivity index (χ2n) is 13.8. The van der Waals surface area contributed by atoms with E-state index in [1.807, 2.05) is 0 Å². The third kappa shape index (κ3) is 48.9. The van der Waals surface area contributed by atoms with Gasteiger partial charge in [-0.1, -0.05) is 142 Å². The molecule has 0 fully saturated rings. The zero-order chi connectivity index (χ0) is 27.4. The van der Waals surface area contributed by atoms with E-state index in [-0.39, 0.29) is 11.0 Å². The van der Waals surface area contributed by atoms with E-state index in [2.05, 4.69) is 56.1 Å². The average Bonchev–Trinajstić information content (AvgIpc) is 2.79. The van der Waals surface area contributed by atoms with E-state index in [0.717, 1.165) is 8.97 Å². The minimum absolute atomic E-state index is 0. The van der Waals surface area contributed by atoms with Gasteiger partial charge < -0.3 is 19.9 Å². The molecule has 0 rings (SSSR count). The molecule has 0 radical (unpaired) electrons. The Morgan fingerprint density at radius 3 is 0.579 bits per heavy atom. The number of hydrogen-bond donors (Lipinski definition) is 0. The molecule has 0 saturated carbocycles. The maximum atomic E-state index is 2.29. The largest absolute Gasteiger partial charge is 0.870 e. The molecule has 4 heteroatoms. The minimum atomic E-state index is 0. The molecule has 0 amide bonds. The maximum absolute atomic E-state index is 2.29. The smallest absolute Gasteiger partial charge is 0.0780 e. The van der Waals surface area contributed by atoms with Crippen LogP contribution in [0.15, 0.2) is 0 Å². The van der Waals surface area contributed by atoms with Crippen LogP contribution in [0.25, 0.3) is 0 Å². The van der Waals surface area contributed by atoms with Crippen LogP contribution in [0.4, 0.5) is 0 Å². The van der Waals surface area contributed by atoms with Gasteiger partial charge in [-0.2, -0.15) is 0 Å². The molecule has 236 valence electrons. The molecule has 4 nitrogen and oxygen atoms in total. The number of nitrogens with zero attached hydrogens (tertiary/aromatic N) is 2. The maximum Gasteiger partial charge on any atom is 0.0780 e. The SMILES string of the molecule is CCCCCCCCCCCCCC[N+](C)(C)C.CCCCCCCCCCCCCC[N+](C)(C)C.[OH-].[OH-]. The molecule has 0 aromatic rings. The van der Waals surface area contributed by atoms with E-state index in [1.54, 1.807) is 0 Å². The fourth-order valence-electron chi connectivity index (χ4n) is 4.85. The molecule has 0 aromatic heterocycles. The van der Waals surface area contributed by atoms with Crippen molar-refractivity contribution in [3.05, 3.63) is 0 Å². The lowest BCUT2D eigenvalue weighted by Crippen LogP contribution is -2.35. The molecule has 0 aliphatic carbocycles. The van der Waals surface area contributed by atoms with Crippen LogP contribution in [0.2, 0.25) is 0 Å². The number of unbranched alkanes of at least 4 members (excludes halogenated alkanes) is 22. The van der Waals surface area contributed by atoms with Gasteiger partial charge in [0.2, 0.25) is 0 Å². The Balaban J connectivity index is -0.000000289. The molecular formula is C34H78N2O2. The first-order chi connectivity index (χ1) is 17.1. The Labute approximate surface area is 243 Å². The van der Waals surface area contributed by atoms with Crippen LogP contribution in [0, 0.1) is 0 Å². The standard InChI is InChI=1S/2C17H38N.2H2O/c2*1-5-6-7-8-9-10-11-12-13-14-15-16-17-18(2,3)4;;/h2*5-17H2,1-4H3;2*1H2/q2*+1;;/p-2. The second-order valence-corrected chi connectivity index (χ2v) is 13.8. The van der Waals surface area contributed by atoms with Crippen LogP contribution >= 0.6 is 0 Å². The van der Waals surface area contributed by atoms with Crippen LogP contribution in [0.5, 0.6) is 0 Å². The third-order valence-corrected chi connectivity index (χ3v) is 7.36. The van der Waals surface area contributed by atoms with Gasteiger partial charge >= 0.3 is 0 Å². The molecule has 0 atom stereocenters. The molecule has 2 N–H and O–H groups in total. The fourth-order valence-corrected chi connectivity index (χ4v) is 4.85. The molecule has 0 heterocycles. The highest BCUT2D eigenvalue weighted by Crippen LogP contribution is 2.13. The van der Waals surface area contributed by atoms with Gasteiger partial charge in [0.05, 0.1) is 55.4 Å². The highest BCUT2D eigenvalue weighted by molar-refractivity contribution is 4.49. The van der Waals surface area contributed by atoms with Gasteiger partial charge in [0.15, 0.2) is 0 Å². The van der Waals surface area contributed by atoms with Gasteiger partial charge in [-0.3, -0.25) is 0 Å². The summed E-state index contributed by atoms with van der Waals surface area (Å²) in [6, 6.07) is 0. The Bertz CT molecular complexity index is 364. The molecular weight excluding hydrogens is 468 g/mol. The number of quaternary nitrogens is 2. The first-order valence-electron chi connectivity index (χ1n) is 16.7. The molecule has 0 unspecified atom stereocenters. The van der Waals surface area contributed by atoms with Crippen LogP contribution in [0.1, 0.15) is 168 Å². The van der Waals surface area contributed by atoms with Crippen molar-refractivity contribution in [1.29, 1.82) is 0 Å². The topological polar surface area (TPSA) is 60.0 Å². The molecule has 0 spiro atoms. The van der Waals surface area contributed by atoms with Crippen LogP contribution < -0.4 is 0 Å². The quantitative estimate of drug-likeness (QED) is 0.0800. The van der Waals surface area contributed by atoms with Gasteiger partial charge in [-0.05, 0) is 25.7 Å². The highest BCUT2D eigenvalue weighted by Gasteiger charge is 2.05. The van der Waals surface area contributed by atoms with Crippen LogP contribution in [0.3, 0.4) is 0 Å². The predicted octanol–water partition coefficient (Wildman–Crippen LogP) is 10.4. The first kappa shape index (κ1) is 44.8. The summed E-state index contributed by atoms with van der Waals surface area (Å²) in [5, 5.41) is 0. The molecule has 0 aliphatic rings. The zero-order valence-corrected chi connectivity index (χ0v) is 28.2. The van der Waals surface area contributed by atoms with E-state index in [1.165, 1.54) is 167 Å². The van der Waals surface area contributed by atoms with Gasteiger partial charge in [-0.15, -0.1) is 0 Å². The fraction of sp³-hybridized carbons (Fsp3) is 1.00. The highest BCUT2D eigenvalue weighted by atomic mass is 16.0. The summed E-state index contributed by atoms with van der Waals surface area (Å²) in [5.41, 5.74) is 0. The summed E-state index contributed by atoms with van der Waals surface area (Å²) < 4.78 is 2.25. The van der Waals surface area contributed by atoms with Crippen molar-refractivity contribution in [2.75, 3.05) is 55.4 Å². The van der Waals surface area contributed by atoms with E-state index in [9.17, 15) is 0 Å². The Morgan fingerprint density at radius 2 is 0.421 bits per heavy atom. The summed E-state index contributed by atoms with van der Waals surface area (Å²) in [7, 11) is 13.7. The Morgan fingerprint density at radius 1 is 0.263 bits per heavy atom. The normalized spacial score (nSPS) is 11.4. The number of rotatable bonds is 26. The molecule has 0 saturated heterocycles. The molecule has 38 heavy (non-hydrogen) atoms. The van der Waals surface area contributed by atoms with E-state index >= 15 is 0 Å². The van der Waals surface area contributed by atoms with E-state index in [4.69, 9.17) is 0 Å². The van der Waals surface area contributed by atoms with E-state index in [0.29, 0.717) is 0 Å². The van der Waals surface area contributed by atoms with Crippen molar-refractivity contribution in [1.82, 2.24) is 0 Å². The van der Waals surface area contributed by atoms with Crippen molar-refractivity contribution in [3.8, 4) is 0 Å². The summed E-state index contributed by atoms with van der Waals surface area (Å²) in [6.07, 6.45) is 34.8. The van der Waals surface area contributed by atoms with Crippen molar-refractivity contribution >= 4 is 0 Å². The van der Waals surface area contributed by atoms with Crippen LogP contribution in [-0.4, -0.2) is 75.3 Å². The average molecular weight is 547 g/mol. The minimum Gasteiger partial charge on any atom is -0.870 e. The van der Waals surface area contributed by atoms with Crippen molar-refractivity contribution in [2.24, 2.45) is 0 Å². The summed E-state index contributed by atoms with van der Waals surface area (Å²) in [4.78, 5) is 0. The van der Waals surface area contributed by atoms with Gasteiger partial charge in [0, 0.05) is 0 Å². The van der Waals surface area contributed by atoms with Crippen molar-refractivity contribution < 1.29 is 19.9 Å². The lowest BCUT2D eigenvalue weighted by molar-refractivity contribution is -0.870. The van der Waals surface area contributed by atoms with Gasteiger partial charge in [0.25, 0.3) is 0 Å². The van der Waals surface area contributed by atoms with Crippen LogP contribution in [-0.2, 0) is 0 Å². The molecule has 0 bridgehead atoms. The lowest BCUT2D eigenvalue weighted by Gasteiger charge is -2.23. The zero-order valence-electron chi connectivity index (χ0n) is 28.2. The lowest BCUT2D eigenvalue weighted by atomic mass is 10.1.